The van der Waals surface area contributed by atoms with Gasteiger partial charge in [-0.05, 0) is 52.8 Å². The molecule has 0 heteroatoms. The summed E-state index contributed by atoms with van der Waals surface area (Å²) >= 11 is 0. The van der Waals surface area contributed by atoms with Gasteiger partial charge < -0.3 is 0 Å². The van der Waals surface area contributed by atoms with Crippen molar-refractivity contribution in [2.24, 2.45) is 11.3 Å². The Hall–Kier alpha value is -2.08. The van der Waals surface area contributed by atoms with Gasteiger partial charge >= 0.3 is 0 Å². The van der Waals surface area contributed by atoms with E-state index in [0.717, 1.165) is 0 Å². The van der Waals surface area contributed by atoms with Crippen LogP contribution in [0.1, 0.15) is 28.2 Å². The van der Waals surface area contributed by atoms with Crippen LogP contribution in [-0.2, 0) is 19.3 Å². The number of benzene rings is 2. The van der Waals surface area contributed by atoms with E-state index in [-0.39, 0.29) is 0 Å². The van der Waals surface area contributed by atoms with Crippen LogP contribution in [0.3, 0.4) is 0 Å². The van der Waals surface area contributed by atoms with Crippen molar-refractivity contribution in [1.29, 1.82) is 0 Å². The average molecular weight is 284 g/mol. The third-order valence-corrected chi connectivity index (χ3v) is 6.00. The molecule has 0 N–H and O–H groups in total. The average Bonchev–Trinajstić information content (AvgIpc) is 2.94. The van der Waals surface area contributed by atoms with Gasteiger partial charge in [-0.1, -0.05) is 72.8 Å². The molecule has 108 valence electrons. The molecule has 0 amide bonds. The van der Waals surface area contributed by atoms with Crippen molar-refractivity contribution in [1.82, 2.24) is 0 Å². The Bertz CT molecular complexity index is 768. The fourth-order valence-corrected chi connectivity index (χ4v) is 5.09. The first kappa shape index (κ1) is 12.5. The van der Waals surface area contributed by atoms with E-state index in [4.69, 9.17) is 0 Å². The molecule has 0 heterocycles. The first-order valence-corrected chi connectivity index (χ1v) is 8.35. The highest BCUT2D eigenvalue weighted by molar-refractivity contribution is 5.46. The molecule has 0 bridgehead atoms. The minimum absolute atomic E-state index is 0.379. The molecule has 3 aliphatic rings. The Morgan fingerprint density at radius 1 is 0.682 bits per heavy atom. The Morgan fingerprint density at radius 2 is 1.27 bits per heavy atom. The number of hydrogen-bond acceptors (Lipinski definition) is 0. The number of fused-ring (bicyclic) bond motifs is 5. The van der Waals surface area contributed by atoms with Gasteiger partial charge in [0, 0.05) is 5.92 Å². The van der Waals surface area contributed by atoms with Gasteiger partial charge in [-0.2, -0.15) is 0 Å². The molecule has 2 atom stereocenters. The van der Waals surface area contributed by atoms with E-state index in [1.54, 1.807) is 22.3 Å². The molecule has 2 unspecified atom stereocenters. The van der Waals surface area contributed by atoms with Crippen molar-refractivity contribution in [3.63, 3.8) is 0 Å². The van der Waals surface area contributed by atoms with Gasteiger partial charge in [0.15, 0.2) is 0 Å². The Labute approximate surface area is 132 Å². The number of rotatable bonds is 0. The van der Waals surface area contributed by atoms with Crippen molar-refractivity contribution in [3.05, 3.63) is 95.1 Å². The zero-order valence-electron chi connectivity index (χ0n) is 12.7. The van der Waals surface area contributed by atoms with Crippen LogP contribution in [0.25, 0.3) is 0 Å². The van der Waals surface area contributed by atoms with Crippen molar-refractivity contribution in [2.45, 2.75) is 25.2 Å². The van der Waals surface area contributed by atoms with Gasteiger partial charge in [0.1, 0.15) is 0 Å². The highest BCUT2D eigenvalue weighted by Crippen LogP contribution is 2.55. The van der Waals surface area contributed by atoms with Crippen LogP contribution >= 0.6 is 0 Å². The maximum absolute atomic E-state index is 2.48. The monoisotopic (exact) mass is 284 g/mol. The van der Waals surface area contributed by atoms with Crippen LogP contribution in [0.4, 0.5) is 0 Å². The molecule has 0 saturated heterocycles. The lowest BCUT2D eigenvalue weighted by Crippen LogP contribution is -2.40. The third kappa shape index (κ3) is 1.64. The van der Waals surface area contributed by atoms with Gasteiger partial charge in [0.25, 0.3) is 0 Å². The summed E-state index contributed by atoms with van der Waals surface area (Å²) in [5.41, 5.74) is 6.64. The van der Waals surface area contributed by atoms with E-state index in [1.807, 2.05) is 0 Å². The van der Waals surface area contributed by atoms with Gasteiger partial charge in [0.2, 0.25) is 0 Å². The summed E-state index contributed by atoms with van der Waals surface area (Å²) in [7, 11) is 0. The molecule has 1 spiro atoms. The topological polar surface area (TPSA) is 0 Å². The van der Waals surface area contributed by atoms with Gasteiger partial charge in [-0.3, -0.25) is 0 Å². The van der Waals surface area contributed by atoms with Crippen molar-refractivity contribution >= 4 is 0 Å². The summed E-state index contributed by atoms with van der Waals surface area (Å²) in [5, 5.41) is 0. The van der Waals surface area contributed by atoms with Crippen LogP contribution in [0, 0.1) is 11.3 Å². The molecule has 2 aromatic rings. The molecule has 0 saturated carbocycles. The summed E-state index contributed by atoms with van der Waals surface area (Å²) < 4.78 is 0. The lowest BCUT2D eigenvalue weighted by atomic mass is 9.57. The molecule has 2 aromatic carbocycles. The Kier molecular flexibility index (Phi) is 2.52. The van der Waals surface area contributed by atoms with Crippen LogP contribution in [0.5, 0.6) is 0 Å². The maximum atomic E-state index is 2.48. The second-order valence-corrected chi connectivity index (χ2v) is 7.18. The van der Waals surface area contributed by atoms with Crippen molar-refractivity contribution in [2.75, 3.05) is 0 Å². The maximum Gasteiger partial charge on any atom is 0.00924 e. The van der Waals surface area contributed by atoms with E-state index in [1.165, 1.54) is 19.3 Å². The second-order valence-electron chi connectivity index (χ2n) is 7.18. The van der Waals surface area contributed by atoms with E-state index in [2.05, 4.69) is 72.8 Å². The summed E-state index contributed by atoms with van der Waals surface area (Å²) in [5.74, 6) is 1.20. The van der Waals surface area contributed by atoms with Gasteiger partial charge in [-0.15, -0.1) is 0 Å². The molecule has 5 rings (SSSR count). The van der Waals surface area contributed by atoms with Crippen LogP contribution < -0.4 is 0 Å². The zero-order valence-corrected chi connectivity index (χ0v) is 12.7. The van der Waals surface area contributed by atoms with Gasteiger partial charge in [0.05, 0.1) is 0 Å². The standard InChI is InChI=1S/C22H20/c1-2-8-17-14-22(13-16(17)7-1)15-18-9-3-4-10-19(18)20-11-5-6-12-21(20)22/h1-12,20-21H,13-15H2. The molecule has 0 radical (unpaired) electrons. The lowest BCUT2D eigenvalue weighted by molar-refractivity contribution is 0.178. The summed E-state index contributed by atoms with van der Waals surface area (Å²) in [6, 6.07) is 18.2. The molecule has 0 aliphatic heterocycles. The number of allylic oxidation sites excluding steroid dienone is 4. The highest BCUT2D eigenvalue weighted by Gasteiger charge is 2.48. The molecule has 0 fully saturated rings. The van der Waals surface area contributed by atoms with E-state index < -0.39 is 0 Å². The highest BCUT2D eigenvalue weighted by atomic mass is 14.5. The SMILES string of the molecule is C1=CC2c3ccccc3CC3(Cc4ccccc4C3)C2C=C1. The van der Waals surface area contributed by atoms with Crippen molar-refractivity contribution in [3.8, 4) is 0 Å². The third-order valence-electron chi connectivity index (χ3n) is 6.00. The Morgan fingerprint density at radius 3 is 2.05 bits per heavy atom. The van der Waals surface area contributed by atoms with E-state index in [9.17, 15) is 0 Å². The van der Waals surface area contributed by atoms with Gasteiger partial charge in [-0.25, -0.2) is 0 Å². The van der Waals surface area contributed by atoms with Crippen molar-refractivity contribution < 1.29 is 0 Å². The smallest absolute Gasteiger partial charge is 0.00924 e. The molecule has 0 nitrogen and oxygen atoms in total. The minimum atomic E-state index is 0.379. The zero-order chi connectivity index (χ0) is 14.6. The quantitative estimate of drug-likeness (QED) is 0.648. The second kappa shape index (κ2) is 4.46. The number of hydrogen-bond donors (Lipinski definition) is 0. The first-order chi connectivity index (χ1) is 10.9. The molecular formula is C22H20. The predicted octanol–water partition coefficient (Wildman–Crippen LogP) is 4.85. The van der Waals surface area contributed by atoms with E-state index >= 15 is 0 Å². The van der Waals surface area contributed by atoms with Crippen LogP contribution in [0.2, 0.25) is 0 Å². The summed E-state index contributed by atoms with van der Waals surface area (Å²) in [6.45, 7) is 0. The van der Waals surface area contributed by atoms with Crippen LogP contribution in [0.15, 0.2) is 72.8 Å². The normalized spacial score (nSPS) is 26.5. The van der Waals surface area contributed by atoms with Crippen LogP contribution in [-0.4, -0.2) is 0 Å². The predicted molar refractivity (Wildman–Crippen MR) is 90.9 cm³/mol. The van der Waals surface area contributed by atoms with E-state index in [0.29, 0.717) is 17.3 Å². The lowest BCUT2D eigenvalue weighted by Gasteiger charge is -2.46. The molecule has 22 heavy (non-hydrogen) atoms. The minimum Gasteiger partial charge on any atom is -0.0799 e. The molecule has 0 aromatic heterocycles. The molecular weight excluding hydrogens is 264 g/mol. The first-order valence-electron chi connectivity index (χ1n) is 8.35. The fourth-order valence-electron chi connectivity index (χ4n) is 5.09. The Balaban J connectivity index is 1.66. The largest absolute Gasteiger partial charge is 0.0799 e. The fraction of sp³-hybridized carbons (Fsp3) is 0.273. The molecule has 3 aliphatic carbocycles. The summed E-state index contributed by atoms with van der Waals surface area (Å²) in [6.07, 6.45) is 13.1. The summed E-state index contributed by atoms with van der Waals surface area (Å²) in [4.78, 5) is 0.